The van der Waals surface area contributed by atoms with Crippen molar-refractivity contribution in [1.82, 2.24) is 19.6 Å². The molecule has 0 N–H and O–H groups in total. The Balaban J connectivity index is 1.68. The van der Waals surface area contributed by atoms with Gasteiger partial charge in [0.25, 0.3) is 0 Å². The first kappa shape index (κ1) is 19.5. The molecule has 0 bridgehead atoms. The topological polar surface area (TPSA) is 41.4 Å². The van der Waals surface area contributed by atoms with Crippen LogP contribution in [-0.4, -0.2) is 51.2 Å². The average Bonchev–Trinajstić information content (AvgIpc) is 2.90. The quantitative estimate of drug-likeness (QED) is 0.810. The van der Waals surface area contributed by atoms with E-state index >= 15 is 0 Å². The molecular weight excluding hydrogens is 343 g/mol. The summed E-state index contributed by atoms with van der Waals surface area (Å²) in [5, 5.41) is 4.33. The lowest BCUT2D eigenvalue weighted by molar-refractivity contribution is -0.132. The first-order chi connectivity index (χ1) is 12.9. The first-order valence-electron chi connectivity index (χ1n) is 9.68. The molecule has 1 atom stereocenters. The molecule has 1 amide bonds. The van der Waals surface area contributed by atoms with Crippen molar-refractivity contribution in [3.05, 3.63) is 53.6 Å². The smallest absolute Gasteiger partial charge is 0.244 e. The number of carbonyl (C=O) groups is 1. The molecule has 5 nitrogen and oxygen atoms in total. The van der Waals surface area contributed by atoms with E-state index in [2.05, 4.69) is 23.8 Å². The highest BCUT2D eigenvalue weighted by Gasteiger charge is 2.29. The van der Waals surface area contributed by atoms with E-state index in [1.54, 1.807) is 4.68 Å². The van der Waals surface area contributed by atoms with Crippen molar-refractivity contribution in [2.45, 2.75) is 46.3 Å². The number of aromatic nitrogens is 2. The van der Waals surface area contributed by atoms with Crippen LogP contribution in [0.25, 0.3) is 0 Å². The van der Waals surface area contributed by atoms with Gasteiger partial charge in [-0.15, -0.1) is 0 Å². The van der Waals surface area contributed by atoms with Gasteiger partial charge in [0.2, 0.25) is 5.91 Å². The van der Waals surface area contributed by atoms with Crippen molar-refractivity contribution in [2.24, 2.45) is 5.92 Å². The number of nitrogens with zero attached hydrogens (tertiary/aromatic N) is 4. The number of hydrogen-bond acceptors (Lipinski definition) is 3. The summed E-state index contributed by atoms with van der Waals surface area (Å²) in [4.78, 5) is 17.2. The number of hydrogen-bond donors (Lipinski definition) is 0. The van der Waals surface area contributed by atoms with Crippen molar-refractivity contribution < 1.29 is 9.18 Å². The molecule has 0 spiro atoms. The zero-order valence-electron chi connectivity index (χ0n) is 16.4. The number of aryl methyl sites for hydroxylation is 1. The molecule has 6 heteroatoms. The summed E-state index contributed by atoms with van der Waals surface area (Å²) in [5.74, 6) is 0.332. The summed E-state index contributed by atoms with van der Waals surface area (Å²) in [6.07, 6.45) is 2.79. The van der Waals surface area contributed by atoms with E-state index in [0.29, 0.717) is 5.92 Å². The predicted octanol–water partition coefficient (Wildman–Crippen LogP) is 3.09. The van der Waals surface area contributed by atoms with Gasteiger partial charge in [0.05, 0.1) is 5.69 Å². The van der Waals surface area contributed by atoms with Gasteiger partial charge in [-0.1, -0.05) is 26.0 Å². The molecule has 0 saturated carbocycles. The third kappa shape index (κ3) is 5.16. The minimum Gasteiger partial charge on any atom is -0.339 e. The van der Waals surface area contributed by atoms with Crippen LogP contribution in [0.2, 0.25) is 0 Å². The molecule has 1 aromatic carbocycles. The second-order valence-corrected chi connectivity index (χ2v) is 7.76. The minimum atomic E-state index is -0.208. The first-order valence-corrected chi connectivity index (χ1v) is 9.68. The zero-order valence-corrected chi connectivity index (χ0v) is 16.4. The van der Waals surface area contributed by atoms with Crippen molar-refractivity contribution in [1.29, 1.82) is 0 Å². The lowest BCUT2D eigenvalue weighted by Crippen LogP contribution is -2.46. The predicted molar refractivity (Wildman–Crippen MR) is 104 cm³/mol. The van der Waals surface area contributed by atoms with Crippen LogP contribution in [0, 0.1) is 18.7 Å². The molecule has 1 aliphatic rings. The fourth-order valence-electron chi connectivity index (χ4n) is 3.73. The number of halogens is 1. The van der Waals surface area contributed by atoms with Crippen LogP contribution in [0.4, 0.5) is 4.39 Å². The zero-order chi connectivity index (χ0) is 19.4. The largest absolute Gasteiger partial charge is 0.339 e. The average molecular weight is 372 g/mol. The molecule has 1 aromatic heterocycles. The second kappa shape index (κ2) is 8.65. The van der Waals surface area contributed by atoms with Gasteiger partial charge in [-0.05, 0) is 43.0 Å². The Morgan fingerprint density at radius 3 is 2.59 bits per heavy atom. The third-order valence-corrected chi connectivity index (χ3v) is 5.24. The molecule has 3 rings (SSSR count). The summed E-state index contributed by atoms with van der Waals surface area (Å²) in [5.41, 5.74) is 2.03. The van der Waals surface area contributed by atoms with E-state index in [1.165, 1.54) is 12.1 Å². The van der Waals surface area contributed by atoms with E-state index in [-0.39, 0.29) is 24.3 Å². The molecule has 2 heterocycles. The van der Waals surface area contributed by atoms with E-state index in [9.17, 15) is 9.18 Å². The maximum absolute atomic E-state index is 13.2. The van der Waals surface area contributed by atoms with Gasteiger partial charge in [0, 0.05) is 38.4 Å². The lowest BCUT2D eigenvalue weighted by atomic mass is 10.0. The Kier molecular flexibility index (Phi) is 6.26. The Labute approximate surface area is 160 Å². The number of rotatable bonds is 5. The molecule has 2 aromatic rings. The van der Waals surface area contributed by atoms with E-state index in [1.807, 2.05) is 36.2 Å². The van der Waals surface area contributed by atoms with Gasteiger partial charge < -0.3 is 4.90 Å². The van der Waals surface area contributed by atoms with Gasteiger partial charge >= 0.3 is 0 Å². The molecule has 146 valence electrons. The van der Waals surface area contributed by atoms with Crippen LogP contribution in [0.3, 0.4) is 0 Å². The van der Waals surface area contributed by atoms with Crippen LogP contribution in [0.15, 0.2) is 36.5 Å². The van der Waals surface area contributed by atoms with Crippen LogP contribution in [0.1, 0.15) is 31.5 Å². The van der Waals surface area contributed by atoms with Crippen LogP contribution in [0.5, 0.6) is 0 Å². The second-order valence-electron chi connectivity index (χ2n) is 7.76. The fourth-order valence-corrected chi connectivity index (χ4v) is 3.73. The molecule has 0 radical (unpaired) electrons. The third-order valence-electron chi connectivity index (χ3n) is 5.24. The molecule has 1 fully saturated rings. The molecule has 1 saturated heterocycles. The Morgan fingerprint density at radius 2 is 1.96 bits per heavy atom. The highest BCUT2D eigenvalue weighted by atomic mass is 19.1. The molecular formula is C21H29FN4O. The Morgan fingerprint density at radius 1 is 1.22 bits per heavy atom. The summed E-state index contributed by atoms with van der Waals surface area (Å²) >= 11 is 0. The van der Waals surface area contributed by atoms with Crippen LogP contribution in [-0.2, 0) is 17.9 Å². The molecule has 0 aliphatic carbocycles. The van der Waals surface area contributed by atoms with Gasteiger partial charge in [-0.25, -0.2) is 4.39 Å². The van der Waals surface area contributed by atoms with Gasteiger partial charge in [-0.2, -0.15) is 5.10 Å². The standard InChI is InChI=1S/C21H29FN4O/c1-16(2)20-14-25(21(27)15-26-12-9-17(3)23-26)11-4-10-24(20)13-18-5-7-19(22)8-6-18/h5-9,12,16,20H,4,10-11,13-15H2,1-3H3/t20-/m0/s1. The Hall–Kier alpha value is -2.21. The molecule has 27 heavy (non-hydrogen) atoms. The number of benzene rings is 1. The monoisotopic (exact) mass is 372 g/mol. The number of carbonyl (C=O) groups excluding carboxylic acids is 1. The summed E-state index contributed by atoms with van der Waals surface area (Å²) in [6.45, 7) is 9.82. The Bertz CT molecular complexity index is 756. The normalized spacial score (nSPS) is 18.7. The SMILES string of the molecule is Cc1ccn(CC(=O)N2CCCN(Cc3ccc(F)cc3)[C@H](C(C)C)C2)n1. The fraction of sp³-hybridized carbons (Fsp3) is 0.524. The highest BCUT2D eigenvalue weighted by molar-refractivity contribution is 5.76. The minimum absolute atomic E-state index is 0.118. The van der Waals surface area contributed by atoms with Gasteiger partial charge in [0.1, 0.15) is 12.4 Å². The van der Waals surface area contributed by atoms with E-state index < -0.39 is 0 Å². The summed E-state index contributed by atoms with van der Waals surface area (Å²) in [7, 11) is 0. The van der Waals surface area contributed by atoms with Crippen molar-refractivity contribution in [2.75, 3.05) is 19.6 Å². The lowest BCUT2D eigenvalue weighted by Gasteiger charge is -2.34. The van der Waals surface area contributed by atoms with E-state index in [4.69, 9.17) is 0 Å². The number of amides is 1. The maximum atomic E-state index is 13.2. The molecule has 1 aliphatic heterocycles. The van der Waals surface area contributed by atoms with Crippen LogP contribution < -0.4 is 0 Å². The maximum Gasteiger partial charge on any atom is 0.244 e. The molecule has 0 unspecified atom stereocenters. The summed E-state index contributed by atoms with van der Waals surface area (Å²) < 4.78 is 14.9. The summed E-state index contributed by atoms with van der Waals surface area (Å²) in [6, 6.07) is 8.91. The van der Waals surface area contributed by atoms with E-state index in [0.717, 1.165) is 43.9 Å². The van der Waals surface area contributed by atoms with Crippen molar-refractivity contribution in [3.63, 3.8) is 0 Å². The van der Waals surface area contributed by atoms with Gasteiger partial charge in [0.15, 0.2) is 0 Å². The van der Waals surface area contributed by atoms with Crippen molar-refractivity contribution in [3.8, 4) is 0 Å². The van der Waals surface area contributed by atoms with Crippen molar-refractivity contribution >= 4 is 5.91 Å². The van der Waals surface area contributed by atoms with Crippen LogP contribution >= 0.6 is 0 Å². The highest BCUT2D eigenvalue weighted by Crippen LogP contribution is 2.20. The van der Waals surface area contributed by atoms with Gasteiger partial charge in [-0.3, -0.25) is 14.4 Å².